The smallest absolute Gasteiger partial charge is 0.242 e. The summed E-state index contributed by atoms with van der Waals surface area (Å²) in [6.45, 7) is 3.76. The summed E-state index contributed by atoms with van der Waals surface area (Å²) in [5.74, 6) is 0. The minimum Gasteiger partial charge on any atom is -0.326 e. The van der Waals surface area contributed by atoms with E-state index in [2.05, 4.69) is 4.72 Å². The van der Waals surface area contributed by atoms with Crippen LogP contribution < -0.4 is 10.5 Å². The second-order valence-corrected chi connectivity index (χ2v) is 6.44. The van der Waals surface area contributed by atoms with Gasteiger partial charge in [-0.05, 0) is 25.5 Å². The number of hydrogen-bond acceptors (Lipinski definition) is 3. The molecule has 0 spiro atoms. The van der Waals surface area contributed by atoms with Gasteiger partial charge in [-0.25, -0.2) is 13.1 Å². The summed E-state index contributed by atoms with van der Waals surface area (Å²) in [5, 5.41) is 0.450. The highest BCUT2D eigenvalue weighted by Crippen LogP contribution is 2.30. The molecule has 3 N–H and O–H groups in total. The fraction of sp³-hybridized carbons (Fsp3) is 0.455. The zero-order valence-electron chi connectivity index (χ0n) is 10.2. The van der Waals surface area contributed by atoms with Crippen molar-refractivity contribution in [3.8, 4) is 0 Å². The van der Waals surface area contributed by atoms with Gasteiger partial charge in [0.15, 0.2) is 0 Å². The maximum Gasteiger partial charge on any atom is 0.242 e. The number of benzene rings is 1. The third-order valence-electron chi connectivity index (χ3n) is 2.61. The summed E-state index contributed by atoms with van der Waals surface area (Å²) in [6.07, 6.45) is 0.689. The molecule has 0 amide bonds. The van der Waals surface area contributed by atoms with Crippen LogP contribution >= 0.6 is 23.2 Å². The van der Waals surface area contributed by atoms with Gasteiger partial charge < -0.3 is 5.73 Å². The molecule has 0 heterocycles. The molecule has 0 aliphatic heterocycles. The van der Waals surface area contributed by atoms with Crippen molar-refractivity contribution in [2.75, 3.05) is 0 Å². The standard InChI is InChI=1S/C11H16Cl2N2O2S/c1-3-7(2)15-18(16,17)10-5-4-9(12)8(6-14)11(10)13/h4-5,7,15H,3,6,14H2,1-2H3. The Labute approximate surface area is 118 Å². The molecule has 102 valence electrons. The van der Waals surface area contributed by atoms with E-state index in [1.165, 1.54) is 12.1 Å². The molecule has 0 aromatic heterocycles. The van der Waals surface area contributed by atoms with Crippen LogP contribution in [0.15, 0.2) is 17.0 Å². The summed E-state index contributed by atoms with van der Waals surface area (Å²) in [6, 6.07) is 2.71. The van der Waals surface area contributed by atoms with E-state index in [-0.39, 0.29) is 22.5 Å². The molecule has 7 heteroatoms. The summed E-state index contributed by atoms with van der Waals surface area (Å²) < 4.78 is 26.8. The fourth-order valence-corrected chi connectivity index (χ4v) is 3.64. The van der Waals surface area contributed by atoms with E-state index in [0.29, 0.717) is 17.0 Å². The second kappa shape index (κ2) is 6.21. The lowest BCUT2D eigenvalue weighted by molar-refractivity contribution is 0.556. The van der Waals surface area contributed by atoms with Crippen molar-refractivity contribution in [2.45, 2.75) is 37.8 Å². The van der Waals surface area contributed by atoms with Crippen molar-refractivity contribution in [1.29, 1.82) is 0 Å². The molecule has 1 rings (SSSR count). The second-order valence-electron chi connectivity index (χ2n) is 3.97. The SMILES string of the molecule is CCC(C)NS(=O)(=O)c1ccc(Cl)c(CN)c1Cl. The summed E-state index contributed by atoms with van der Waals surface area (Å²) in [7, 11) is -3.65. The van der Waals surface area contributed by atoms with Gasteiger partial charge in [0, 0.05) is 23.2 Å². The van der Waals surface area contributed by atoms with Crippen LogP contribution in [0.3, 0.4) is 0 Å². The van der Waals surface area contributed by atoms with E-state index in [9.17, 15) is 8.42 Å². The number of nitrogens with one attached hydrogen (secondary N) is 1. The summed E-state index contributed by atoms with van der Waals surface area (Å²) >= 11 is 11.9. The molecular formula is C11H16Cl2N2O2S. The lowest BCUT2D eigenvalue weighted by Gasteiger charge is -2.15. The van der Waals surface area contributed by atoms with E-state index >= 15 is 0 Å². The number of sulfonamides is 1. The average Bonchev–Trinajstić information content (AvgIpc) is 2.28. The number of rotatable bonds is 5. The third-order valence-corrected chi connectivity index (χ3v) is 5.14. The Bertz CT molecular complexity index is 532. The van der Waals surface area contributed by atoms with Crippen LogP contribution in [-0.2, 0) is 16.6 Å². The number of halogens is 2. The number of hydrogen-bond donors (Lipinski definition) is 2. The maximum absolute atomic E-state index is 12.1. The Morgan fingerprint density at radius 2 is 2.00 bits per heavy atom. The zero-order chi connectivity index (χ0) is 13.9. The molecule has 1 unspecified atom stereocenters. The predicted molar refractivity (Wildman–Crippen MR) is 74.4 cm³/mol. The largest absolute Gasteiger partial charge is 0.326 e. The highest BCUT2D eigenvalue weighted by Gasteiger charge is 2.22. The molecular weight excluding hydrogens is 295 g/mol. The van der Waals surface area contributed by atoms with Crippen LogP contribution in [0, 0.1) is 0 Å². The first-order valence-corrected chi connectivity index (χ1v) is 7.76. The molecule has 0 saturated heterocycles. The number of nitrogens with two attached hydrogens (primary N) is 1. The van der Waals surface area contributed by atoms with E-state index < -0.39 is 10.0 Å². The molecule has 0 saturated carbocycles. The van der Waals surface area contributed by atoms with Crippen molar-refractivity contribution < 1.29 is 8.42 Å². The van der Waals surface area contributed by atoms with Gasteiger partial charge >= 0.3 is 0 Å². The molecule has 0 fully saturated rings. The molecule has 1 atom stereocenters. The maximum atomic E-state index is 12.1. The Balaban J connectivity index is 3.26. The highest BCUT2D eigenvalue weighted by molar-refractivity contribution is 7.89. The van der Waals surface area contributed by atoms with E-state index in [1.54, 1.807) is 6.92 Å². The van der Waals surface area contributed by atoms with Crippen LogP contribution in [-0.4, -0.2) is 14.5 Å². The van der Waals surface area contributed by atoms with Crippen LogP contribution in [0.1, 0.15) is 25.8 Å². The Morgan fingerprint density at radius 3 is 2.50 bits per heavy atom. The molecule has 0 bridgehead atoms. The molecule has 0 aliphatic rings. The first kappa shape index (κ1) is 15.7. The zero-order valence-corrected chi connectivity index (χ0v) is 12.5. The van der Waals surface area contributed by atoms with Gasteiger partial charge in [0.05, 0.1) is 5.02 Å². The van der Waals surface area contributed by atoms with Crippen molar-refractivity contribution in [1.82, 2.24) is 4.72 Å². The molecule has 1 aromatic rings. The van der Waals surface area contributed by atoms with Crippen molar-refractivity contribution in [3.63, 3.8) is 0 Å². The van der Waals surface area contributed by atoms with Crippen LogP contribution in [0.4, 0.5) is 0 Å². The molecule has 1 aromatic carbocycles. The van der Waals surface area contributed by atoms with Crippen LogP contribution in [0.5, 0.6) is 0 Å². The van der Waals surface area contributed by atoms with E-state index in [0.717, 1.165) is 0 Å². The monoisotopic (exact) mass is 310 g/mol. The van der Waals surface area contributed by atoms with Crippen LogP contribution in [0.2, 0.25) is 10.0 Å². The first-order chi connectivity index (χ1) is 8.33. The first-order valence-electron chi connectivity index (χ1n) is 5.52. The minimum atomic E-state index is -3.65. The van der Waals surface area contributed by atoms with Gasteiger partial charge in [-0.15, -0.1) is 0 Å². The topological polar surface area (TPSA) is 72.2 Å². The summed E-state index contributed by atoms with van der Waals surface area (Å²) in [4.78, 5) is 0.00863. The molecule has 18 heavy (non-hydrogen) atoms. The lowest BCUT2D eigenvalue weighted by atomic mass is 10.2. The van der Waals surface area contributed by atoms with Gasteiger partial charge in [0.1, 0.15) is 4.90 Å². The van der Waals surface area contributed by atoms with Gasteiger partial charge in [-0.1, -0.05) is 30.1 Å². The van der Waals surface area contributed by atoms with Gasteiger partial charge in [0.25, 0.3) is 0 Å². The Morgan fingerprint density at radius 1 is 1.39 bits per heavy atom. The average molecular weight is 311 g/mol. The normalized spacial score (nSPS) is 13.6. The molecule has 0 radical (unpaired) electrons. The van der Waals surface area contributed by atoms with Crippen molar-refractivity contribution in [3.05, 3.63) is 27.7 Å². The van der Waals surface area contributed by atoms with Crippen molar-refractivity contribution >= 4 is 33.2 Å². The molecule has 4 nitrogen and oxygen atoms in total. The summed E-state index contributed by atoms with van der Waals surface area (Å²) in [5.41, 5.74) is 5.94. The predicted octanol–water partition coefficient (Wildman–Crippen LogP) is 2.53. The lowest BCUT2D eigenvalue weighted by Crippen LogP contribution is -2.32. The van der Waals surface area contributed by atoms with Gasteiger partial charge in [-0.3, -0.25) is 0 Å². The quantitative estimate of drug-likeness (QED) is 0.877. The van der Waals surface area contributed by atoms with E-state index in [4.69, 9.17) is 28.9 Å². The van der Waals surface area contributed by atoms with Crippen LogP contribution in [0.25, 0.3) is 0 Å². The van der Waals surface area contributed by atoms with E-state index in [1.807, 2.05) is 6.92 Å². The van der Waals surface area contributed by atoms with Gasteiger partial charge in [-0.2, -0.15) is 0 Å². The fourth-order valence-electron chi connectivity index (χ4n) is 1.38. The van der Waals surface area contributed by atoms with Crippen molar-refractivity contribution in [2.24, 2.45) is 5.73 Å². The Hall–Kier alpha value is -0.330. The van der Waals surface area contributed by atoms with Gasteiger partial charge in [0.2, 0.25) is 10.0 Å². The molecule has 0 aliphatic carbocycles. The minimum absolute atomic E-state index is 0.00863. The highest BCUT2D eigenvalue weighted by atomic mass is 35.5. The Kier molecular flexibility index (Phi) is 5.43. The third kappa shape index (κ3) is 3.36.